The molecule has 0 amide bonds. The van der Waals surface area contributed by atoms with E-state index in [4.69, 9.17) is 0 Å². The second-order valence-electron chi connectivity index (χ2n) is 6.28. The molecule has 0 bridgehead atoms. The molecule has 1 N–H and O–H groups in total. The van der Waals surface area contributed by atoms with Crippen molar-refractivity contribution in [1.82, 2.24) is 10.2 Å². The Morgan fingerprint density at radius 3 is 2.45 bits per heavy atom. The molecule has 0 heterocycles. The third-order valence-electron chi connectivity index (χ3n) is 4.31. The Hall–Kier alpha value is -0.930. The number of hydrogen-bond acceptors (Lipinski definition) is 2. The van der Waals surface area contributed by atoms with Gasteiger partial charge in [0.15, 0.2) is 0 Å². The summed E-state index contributed by atoms with van der Waals surface area (Å²) in [7, 11) is 2.12. The normalized spacial score (nSPS) is 23.2. The van der Waals surface area contributed by atoms with Crippen molar-refractivity contribution < 1.29 is 4.39 Å². The Kier molecular flexibility index (Phi) is 5.99. The molecule has 112 valence electrons. The number of likely N-dealkylation sites (N-methyl/N-ethyl adjacent to an activating group) is 1. The third-order valence-corrected chi connectivity index (χ3v) is 4.31. The van der Waals surface area contributed by atoms with Crippen LogP contribution in [0.2, 0.25) is 0 Å². The predicted octanol–water partition coefficient (Wildman–Crippen LogP) is 3.43. The summed E-state index contributed by atoms with van der Waals surface area (Å²) in [5.41, 5.74) is 1.17. The molecule has 1 aromatic carbocycles. The molecule has 1 aromatic rings. The van der Waals surface area contributed by atoms with E-state index in [-0.39, 0.29) is 5.82 Å². The summed E-state index contributed by atoms with van der Waals surface area (Å²) in [6.45, 7) is 5.30. The van der Waals surface area contributed by atoms with E-state index >= 15 is 0 Å². The van der Waals surface area contributed by atoms with Crippen LogP contribution < -0.4 is 5.32 Å². The van der Waals surface area contributed by atoms with E-state index in [9.17, 15) is 4.39 Å². The zero-order valence-electron chi connectivity index (χ0n) is 12.7. The number of nitrogens with zero attached hydrogens (tertiary/aromatic N) is 1. The van der Waals surface area contributed by atoms with Crippen molar-refractivity contribution in [3.8, 4) is 0 Å². The van der Waals surface area contributed by atoms with Gasteiger partial charge in [-0.15, -0.1) is 0 Å². The van der Waals surface area contributed by atoms with Gasteiger partial charge in [0.05, 0.1) is 0 Å². The SMILES string of the molecule is CC1CCC(NCCN(C)Cc2ccc(F)cc2)CC1. The van der Waals surface area contributed by atoms with Crippen LogP contribution in [-0.4, -0.2) is 31.1 Å². The van der Waals surface area contributed by atoms with E-state index in [0.717, 1.165) is 25.6 Å². The molecule has 0 radical (unpaired) electrons. The number of halogens is 1. The third kappa shape index (κ3) is 5.22. The molecule has 0 aromatic heterocycles. The molecule has 1 aliphatic carbocycles. The van der Waals surface area contributed by atoms with Gasteiger partial charge >= 0.3 is 0 Å². The first-order valence-electron chi connectivity index (χ1n) is 7.80. The summed E-state index contributed by atoms with van der Waals surface area (Å²) < 4.78 is 12.8. The summed E-state index contributed by atoms with van der Waals surface area (Å²) in [4.78, 5) is 2.28. The lowest BCUT2D eigenvalue weighted by atomic mass is 9.87. The van der Waals surface area contributed by atoms with Gasteiger partial charge in [0.25, 0.3) is 0 Å². The van der Waals surface area contributed by atoms with Gasteiger partial charge in [0, 0.05) is 25.7 Å². The molecular formula is C17H27FN2. The van der Waals surface area contributed by atoms with Gasteiger partial charge in [-0.2, -0.15) is 0 Å². The predicted molar refractivity (Wildman–Crippen MR) is 82.2 cm³/mol. The molecular weight excluding hydrogens is 251 g/mol. The summed E-state index contributed by atoms with van der Waals surface area (Å²) in [5, 5.41) is 3.67. The number of benzene rings is 1. The van der Waals surface area contributed by atoms with Crippen LogP contribution in [-0.2, 0) is 6.54 Å². The van der Waals surface area contributed by atoms with Crippen molar-refractivity contribution in [3.63, 3.8) is 0 Å². The first kappa shape index (κ1) is 15.5. The molecule has 3 heteroatoms. The van der Waals surface area contributed by atoms with Crippen LogP contribution >= 0.6 is 0 Å². The van der Waals surface area contributed by atoms with Crippen LogP contribution in [0.4, 0.5) is 4.39 Å². The van der Waals surface area contributed by atoms with Crippen LogP contribution in [0, 0.1) is 11.7 Å². The lowest BCUT2D eigenvalue weighted by Gasteiger charge is -2.28. The van der Waals surface area contributed by atoms with Gasteiger partial charge in [-0.25, -0.2) is 4.39 Å². The maximum Gasteiger partial charge on any atom is 0.123 e. The van der Waals surface area contributed by atoms with Gasteiger partial charge in [-0.3, -0.25) is 0 Å². The van der Waals surface area contributed by atoms with E-state index in [2.05, 4.69) is 24.2 Å². The molecule has 0 saturated heterocycles. The van der Waals surface area contributed by atoms with Gasteiger partial charge in [-0.1, -0.05) is 19.1 Å². The Morgan fingerprint density at radius 2 is 1.80 bits per heavy atom. The molecule has 2 rings (SSSR count). The average molecular weight is 278 g/mol. The fraction of sp³-hybridized carbons (Fsp3) is 0.647. The van der Waals surface area contributed by atoms with Crippen LogP contribution in [0.3, 0.4) is 0 Å². The molecule has 2 nitrogen and oxygen atoms in total. The van der Waals surface area contributed by atoms with Crippen molar-refractivity contribution in [2.24, 2.45) is 5.92 Å². The second kappa shape index (κ2) is 7.75. The highest BCUT2D eigenvalue weighted by Gasteiger charge is 2.17. The second-order valence-corrected chi connectivity index (χ2v) is 6.28. The molecule has 1 aliphatic rings. The van der Waals surface area contributed by atoms with Crippen molar-refractivity contribution in [2.45, 2.75) is 45.2 Å². The standard InChI is InChI=1S/C17H27FN2/c1-14-3-9-17(10-4-14)19-11-12-20(2)13-15-5-7-16(18)8-6-15/h5-8,14,17,19H,3-4,9-13H2,1-2H3. The minimum absolute atomic E-state index is 0.162. The van der Waals surface area contributed by atoms with Gasteiger partial charge in [0.1, 0.15) is 5.82 Å². The van der Waals surface area contributed by atoms with Crippen LogP contribution in [0.5, 0.6) is 0 Å². The van der Waals surface area contributed by atoms with Crippen molar-refractivity contribution in [1.29, 1.82) is 0 Å². The highest BCUT2D eigenvalue weighted by Crippen LogP contribution is 2.23. The quantitative estimate of drug-likeness (QED) is 0.857. The summed E-state index contributed by atoms with van der Waals surface area (Å²) >= 11 is 0. The summed E-state index contributed by atoms with van der Waals surface area (Å²) in [6.07, 6.45) is 5.37. The van der Waals surface area contributed by atoms with Gasteiger partial charge in [-0.05, 0) is 56.3 Å². The highest BCUT2D eigenvalue weighted by molar-refractivity contribution is 5.15. The Labute approximate surface area is 122 Å². The first-order chi connectivity index (χ1) is 9.63. The maximum atomic E-state index is 12.8. The topological polar surface area (TPSA) is 15.3 Å². The number of nitrogens with one attached hydrogen (secondary N) is 1. The van der Waals surface area contributed by atoms with Gasteiger partial charge in [0.2, 0.25) is 0 Å². The molecule has 0 unspecified atom stereocenters. The minimum atomic E-state index is -0.162. The molecule has 0 spiro atoms. The summed E-state index contributed by atoms with van der Waals surface area (Å²) in [5.74, 6) is 0.749. The van der Waals surface area contributed by atoms with Crippen molar-refractivity contribution >= 4 is 0 Å². The zero-order valence-corrected chi connectivity index (χ0v) is 12.7. The van der Waals surface area contributed by atoms with Gasteiger partial charge < -0.3 is 10.2 Å². The van der Waals surface area contributed by atoms with Crippen LogP contribution in [0.25, 0.3) is 0 Å². The minimum Gasteiger partial charge on any atom is -0.313 e. The van der Waals surface area contributed by atoms with E-state index in [1.807, 2.05) is 12.1 Å². The smallest absolute Gasteiger partial charge is 0.123 e. The van der Waals surface area contributed by atoms with E-state index < -0.39 is 0 Å². The zero-order chi connectivity index (χ0) is 14.4. The number of hydrogen-bond donors (Lipinski definition) is 1. The lowest BCUT2D eigenvalue weighted by molar-refractivity contribution is 0.279. The summed E-state index contributed by atoms with van der Waals surface area (Å²) in [6, 6.07) is 7.50. The molecule has 0 aliphatic heterocycles. The molecule has 20 heavy (non-hydrogen) atoms. The van der Waals surface area contributed by atoms with E-state index in [1.54, 1.807) is 0 Å². The Morgan fingerprint density at radius 1 is 1.15 bits per heavy atom. The number of rotatable bonds is 6. The molecule has 1 saturated carbocycles. The van der Waals surface area contributed by atoms with Crippen molar-refractivity contribution in [2.75, 3.05) is 20.1 Å². The van der Waals surface area contributed by atoms with Crippen LogP contribution in [0.1, 0.15) is 38.2 Å². The van der Waals surface area contributed by atoms with E-state index in [0.29, 0.717) is 6.04 Å². The monoisotopic (exact) mass is 278 g/mol. The Balaban J connectivity index is 1.62. The molecule has 1 fully saturated rings. The van der Waals surface area contributed by atoms with E-state index in [1.165, 1.54) is 43.4 Å². The highest BCUT2D eigenvalue weighted by atomic mass is 19.1. The first-order valence-corrected chi connectivity index (χ1v) is 7.80. The average Bonchev–Trinajstić information content (AvgIpc) is 2.44. The Bertz CT molecular complexity index is 382. The molecule has 0 atom stereocenters. The fourth-order valence-corrected chi connectivity index (χ4v) is 2.90. The largest absolute Gasteiger partial charge is 0.313 e. The maximum absolute atomic E-state index is 12.8. The fourth-order valence-electron chi connectivity index (χ4n) is 2.90. The van der Waals surface area contributed by atoms with Crippen LogP contribution in [0.15, 0.2) is 24.3 Å². The lowest BCUT2D eigenvalue weighted by Crippen LogP contribution is -2.37. The van der Waals surface area contributed by atoms with Crippen molar-refractivity contribution in [3.05, 3.63) is 35.6 Å².